The van der Waals surface area contributed by atoms with Crippen LogP contribution in [0.25, 0.3) is 0 Å². The predicted molar refractivity (Wildman–Crippen MR) is 114 cm³/mol. The molecule has 0 unspecified atom stereocenters. The van der Waals surface area contributed by atoms with Crippen LogP contribution in [0.2, 0.25) is 0 Å². The van der Waals surface area contributed by atoms with Gasteiger partial charge in [-0.25, -0.2) is 0 Å². The van der Waals surface area contributed by atoms with Crippen LogP contribution in [-0.2, 0) is 15.8 Å². The highest BCUT2D eigenvalue weighted by Gasteiger charge is 1.93. The van der Waals surface area contributed by atoms with Crippen LogP contribution in [0.5, 0.6) is 0 Å². The van der Waals surface area contributed by atoms with Crippen molar-refractivity contribution in [3.63, 3.8) is 0 Å². The van der Waals surface area contributed by atoms with Crippen LogP contribution in [0.15, 0.2) is 42.1 Å². The summed E-state index contributed by atoms with van der Waals surface area (Å²) in [6.45, 7) is 3.59. The minimum atomic E-state index is 0.641. The van der Waals surface area contributed by atoms with Crippen molar-refractivity contribution < 1.29 is 4.74 Å². The lowest BCUT2D eigenvalue weighted by atomic mass is 10.1. The molecule has 0 aliphatic carbocycles. The second-order valence-corrected chi connectivity index (χ2v) is 7.07. The number of alkyl halides is 1. The first kappa shape index (κ1) is 21.5. The molecule has 0 amide bonds. The van der Waals surface area contributed by atoms with Crippen molar-refractivity contribution in [1.29, 1.82) is 0 Å². The molecule has 1 aromatic carbocycles. The first-order valence-corrected chi connectivity index (χ1v) is 11.0. The van der Waals surface area contributed by atoms with Crippen molar-refractivity contribution in [2.24, 2.45) is 0 Å². The van der Waals surface area contributed by atoms with Gasteiger partial charge in [0, 0.05) is 4.43 Å². The summed E-state index contributed by atoms with van der Waals surface area (Å²) in [6, 6.07) is 8.64. The normalized spacial score (nSPS) is 10.4. The average molecular weight is 440 g/mol. The van der Waals surface area contributed by atoms with Gasteiger partial charge in [0.2, 0.25) is 0 Å². The van der Waals surface area contributed by atoms with Gasteiger partial charge in [-0.3, -0.25) is 0 Å². The lowest BCUT2D eigenvalue weighted by Gasteiger charge is -2.02. The van der Waals surface area contributed by atoms with E-state index < -0.39 is 0 Å². The lowest BCUT2D eigenvalue weighted by Crippen LogP contribution is -1.92. The number of halogens is 1. The lowest BCUT2D eigenvalue weighted by molar-refractivity contribution is 0.149. The fourth-order valence-electron chi connectivity index (χ4n) is 2.56. The van der Waals surface area contributed by atoms with E-state index in [1.54, 1.807) is 0 Å². The Bertz CT molecular complexity index is 457. The first-order chi connectivity index (χ1) is 11.9. The van der Waals surface area contributed by atoms with E-state index in [-0.39, 0.29) is 0 Å². The molecule has 1 aromatic rings. The number of unbranched alkanes of at least 4 members (excludes halogenated alkanes) is 8. The van der Waals surface area contributed by atoms with Gasteiger partial charge in [-0.15, -0.1) is 5.73 Å². The van der Waals surface area contributed by atoms with Gasteiger partial charge in [-0.05, 0) is 36.1 Å². The molecular weight excluding hydrogens is 407 g/mol. The van der Waals surface area contributed by atoms with Crippen LogP contribution in [0, 0.1) is 0 Å². The molecule has 0 aliphatic heterocycles. The summed E-state index contributed by atoms with van der Waals surface area (Å²) < 4.78 is 6.71. The minimum Gasteiger partial charge on any atom is -0.372 e. The zero-order valence-electron chi connectivity index (χ0n) is 15.2. The first-order valence-electron chi connectivity index (χ1n) is 9.47. The van der Waals surface area contributed by atoms with Crippen LogP contribution < -0.4 is 0 Å². The number of ether oxygens (including phenoxy) is 1. The average Bonchev–Trinajstić information content (AvgIpc) is 2.62. The van der Waals surface area contributed by atoms with Gasteiger partial charge in [-0.1, -0.05) is 98.7 Å². The summed E-state index contributed by atoms with van der Waals surface area (Å²) in [6.07, 6.45) is 16.3. The van der Waals surface area contributed by atoms with E-state index in [1.807, 2.05) is 6.08 Å². The summed E-state index contributed by atoms with van der Waals surface area (Å²) in [5, 5.41) is 0. The summed E-state index contributed by atoms with van der Waals surface area (Å²) in [7, 11) is 0. The van der Waals surface area contributed by atoms with Crippen molar-refractivity contribution in [3.05, 3.63) is 53.3 Å². The number of hydrogen-bond acceptors (Lipinski definition) is 1. The predicted octanol–water partition coefficient (Wildman–Crippen LogP) is 7.38. The van der Waals surface area contributed by atoms with E-state index in [0.717, 1.165) is 10.8 Å². The second-order valence-electron chi connectivity index (χ2n) is 6.30. The topological polar surface area (TPSA) is 9.23 Å². The van der Waals surface area contributed by atoms with Crippen LogP contribution in [0.4, 0.5) is 0 Å². The van der Waals surface area contributed by atoms with Crippen molar-refractivity contribution in [2.75, 3.05) is 6.61 Å². The Morgan fingerprint density at radius 1 is 0.875 bits per heavy atom. The molecule has 1 nitrogen and oxygen atoms in total. The SMILES string of the molecule is CCCCCCCCCCC=C=CCOCc1ccc(CI)cc1. The van der Waals surface area contributed by atoms with Gasteiger partial charge in [-0.2, -0.15) is 0 Å². The molecule has 0 saturated heterocycles. The minimum absolute atomic E-state index is 0.641. The third kappa shape index (κ3) is 11.9. The molecular formula is C22H33IO. The van der Waals surface area contributed by atoms with E-state index in [4.69, 9.17) is 4.74 Å². The molecule has 0 saturated carbocycles. The number of benzene rings is 1. The molecule has 24 heavy (non-hydrogen) atoms. The Labute approximate surface area is 162 Å². The van der Waals surface area contributed by atoms with Crippen molar-refractivity contribution in [3.8, 4) is 0 Å². The van der Waals surface area contributed by atoms with E-state index in [2.05, 4.69) is 65.6 Å². The van der Waals surface area contributed by atoms with Gasteiger partial charge in [0.1, 0.15) is 0 Å². The van der Waals surface area contributed by atoms with Crippen molar-refractivity contribution >= 4 is 22.6 Å². The van der Waals surface area contributed by atoms with Crippen molar-refractivity contribution in [2.45, 2.75) is 75.7 Å². The molecule has 0 N–H and O–H groups in total. The quantitative estimate of drug-likeness (QED) is 0.127. The van der Waals surface area contributed by atoms with Crippen LogP contribution in [0.3, 0.4) is 0 Å². The third-order valence-corrected chi connectivity index (χ3v) is 4.97. The van der Waals surface area contributed by atoms with E-state index >= 15 is 0 Å². The molecule has 0 atom stereocenters. The second kappa shape index (κ2) is 15.9. The van der Waals surface area contributed by atoms with E-state index in [1.165, 1.54) is 62.5 Å². The molecule has 134 valence electrons. The maximum absolute atomic E-state index is 5.65. The molecule has 0 spiro atoms. The van der Waals surface area contributed by atoms with E-state index in [9.17, 15) is 0 Å². The highest BCUT2D eigenvalue weighted by Crippen LogP contribution is 2.10. The summed E-state index contributed by atoms with van der Waals surface area (Å²) in [5.41, 5.74) is 5.83. The molecule has 0 aliphatic rings. The smallest absolute Gasteiger partial charge is 0.0725 e. The zero-order valence-corrected chi connectivity index (χ0v) is 17.4. The van der Waals surface area contributed by atoms with Crippen LogP contribution in [-0.4, -0.2) is 6.61 Å². The largest absolute Gasteiger partial charge is 0.372 e. The van der Waals surface area contributed by atoms with Crippen LogP contribution >= 0.6 is 22.6 Å². The fourth-order valence-corrected chi connectivity index (χ4v) is 3.06. The van der Waals surface area contributed by atoms with E-state index in [0.29, 0.717) is 13.2 Å². The van der Waals surface area contributed by atoms with Crippen molar-refractivity contribution in [1.82, 2.24) is 0 Å². The highest BCUT2D eigenvalue weighted by atomic mass is 127. The molecule has 1 rings (SSSR count). The molecule has 0 radical (unpaired) electrons. The molecule has 0 heterocycles. The van der Waals surface area contributed by atoms with Gasteiger partial charge in [0.25, 0.3) is 0 Å². The zero-order chi connectivity index (χ0) is 17.3. The Hall–Kier alpha value is -0.570. The summed E-state index contributed by atoms with van der Waals surface area (Å²) in [5.74, 6) is 0. The molecule has 0 bridgehead atoms. The van der Waals surface area contributed by atoms with Gasteiger partial charge >= 0.3 is 0 Å². The Kier molecular flexibility index (Phi) is 14.3. The summed E-state index contributed by atoms with van der Waals surface area (Å²) in [4.78, 5) is 0. The Balaban J connectivity index is 1.95. The van der Waals surface area contributed by atoms with Crippen LogP contribution in [0.1, 0.15) is 75.8 Å². The third-order valence-electron chi connectivity index (χ3n) is 4.08. The molecule has 0 fully saturated rings. The van der Waals surface area contributed by atoms with Gasteiger partial charge in [0.15, 0.2) is 0 Å². The maximum atomic E-state index is 5.65. The highest BCUT2D eigenvalue weighted by molar-refractivity contribution is 14.1. The molecule has 0 aromatic heterocycles. The standard InChI is InChI=1S/C22H33IO/c1-2-3-4-5-6-7-8-9-10-11-12-13-18-24-20-22-16-14-21(19-23)15-17-22/h11,13-17H,2-10,18-20H2,1H3. The molecule has 2 heteroatoms. The monoisotopic (exact) mass is 440 g/mol. The number of rotatable bonds is 14. The van der Waals surface area contributed by atoms with Gasteiger partial charge < -0.3 is 4.74 Å². The maximum Gasteiger partial charge on any atom is 0.0725 e. The number of hydrogen-bond donors (Lipinski definition) is 0. The summed E-state index contributed by atoms with van der Waals surface area (Å²) >= 11 is 2.38. The Morgan fingerprint density at radius 2 is 1.50 bits per heavy atom. The fraction of sp³-hybridized carbons (Fsp3) is 0.591. The Morgan fingerprint density at radius 3 is 2.17 bits per heavy atom. The van der Waals surface area contributed by atoms with Gasteiger partial charge in [0.05, 0.1) is 13.2 Å².